The smallest absolute Gasteiger partial charge is 0.306 e. The number of aliphatic hydroxyl groups is 2. The number of aliphatic hydroxyl groups excluding tert-OH is 2. The van der Waals surface area contributed by atoms with Crippen LogP contribution in [0.4, 0.5) is 0 Å². The van der Waals surface area contributed by atoms with Gasteiger partial charge in [0.15, 0.2) is 11.4 Å². The van der Waals surface area contributed by atoms with Crippen LogP contribution in [0.1, 0.15) is 65.7 Å². The third kappa shape index (κ3) is 3.09. The van der Waals surface area contributed by atoms with Crippen molar-refractivity contribution in [1.29, 1.82) is 0 Å². The molecule has 4 aliphatic rings. The van der Waals surface area contributed by atoms with E-state index in [1.54, 1.807) is 12.2 Å². The Morgan fingerprint density at radius 1 is 1.26 bits per heavy atom. The van der Waals surface area contributed by atoms with E-state index in [-0.39, 0.29) is 35.4 Å². The van der Waals surface area contributed by atoms with Gasteiger partial charge < -0.3 is 14.9 Å². The standard InChI is InChI=1S/C25H34O6/c1-4-5-21(30)31-25(20(29)14-26)11-9-18-17-7-6-15-12-16(27)8-10-23(15,2)22(17)19(28)13-24(18,25)3/h8,10,12,17-19,22,26,28H,4-7,9,11,13-14H2,1-3H3/t17?,18?,19-,22?,23-,24-,25-/m0/s1. The van der Waals surface area contributed by atoms with Gasteiger partial charge in [-0.3, -0.25) is 14.4 Å². The van der Waals surface area contributed by atoms with Gasteiger partial charge in [0.25, 0.3) is 0 Å². The highest BCUT2D eigenvalue weighted by atomic mass is 16.6. The third-order valence-corrected chi connectivity index (χ3v) is 8.95. The molecule has 4 rings (SSSR count). The van der Waals surface area contributed by atoms with Crippen molar-refractivity contribution in [2.45, 2.75) is 77.4 Å². The molecule has 3 unspecified atom stereocenters. The van der Waals surface area contributed by atoms with Gasteiger partial charge in [0.2, 0.25) is 5.78 Å². The molecular formula is C25H34O6. The lowest BCUT2D eigenvalue weighted by atomic mass is 9.46. The molecule has 0 bridgehead atoms. The molecule has 31 heavy (non-hydrogen) atoms. The van der Waals surface area contributed by atoms with Crippen LogP contribution in [0.2, 0.25) is 0 Å². The number of carbonyl (C=O) groups excluding carboxylic acids is 3. The molecule has 0 radical (unpaired) electrons. The summed E-state index contributed by atoms with van der Waals surface area (Å²) in [4.78, 5) is 37.5. The number of fused-ring (bicyclic) bond motifs is 5. The Morgan fingerprint density at radius 3 is 2.68 bits per heavy atom. The van der Waals surface area contributed by atoms with E-state index < -0.39 is 35.5 Å². The molecule has 0 amide bonds. The maximum atomic E-state index is 13.1. The summed E-state index contributed by atoms with van der Waals surface area (Å²) in [7, 11) is 0. The number of ether oxygens (including phenoxy) is 1. The number of esters is 1. The number of carbonyl (C=O) groups is 3. The monoisotopic (exact) mass is 430 g/mol. The van der Waals surface area contributed by atoms with Crippen LogP contribution in [0.25, 0.3) is 0 Å². The Hall–Kier alpha value is -1.79. The number of allylic oxidation sites excluding steroid dienone is 4. The van der Waals surface area contributed by atoms with Crippen molar-refractivity contribution < 1.29 is 29.3 Å². The number of hydrogen-bond donors (Lipinski definition) is 2. The molecule has 0 aliphatic heterocycles. The Labute approximate surface area is 183 Å². The van der Waals surface area contributed by atoms with E-state index >= 15 is 0 Å². The van der Waals surface area contributed by atoms with Crippen molar-refractivity contribution in [3.63, 3.8) is 0 Å². The van der Waals surface area contributed by atoms with Crippen LogP contribution >= 0.6 is 0 Å². The van der Waals surface area contributed by atoms with E-state index in [9.17, 15) is 24.6 Å². The second-order valence-electron chi connectivity index (χ2n) is 10.4. The van der Waals surface area contributed by atoms with E-state index in [4.69, 9.17) is 4.74 Å². The zero-order chi connectivity index (χ0) is 22.6. The molecule has 0 heterocycles. The molecule has 7 atom stereocenters. The molecule has 0 saturated heterocycles. The first-order valence-corrected chi connectivity index (χ1v) is 11.6. The summed E-state index contributed by atoms with van der Waals surface area (Å²) >= 11 is 0. The molecule has 0 aromatic carbocycles. The Balaban J connectivity index is 1.73. The van der Waals surface area contributed by atoms with Gasteiger partial charge in [0.05, 0.1) is 6.10 Å². The molecule has 170 valence electrons. The third-order valence-electron chi connectivity index (χ3n) is 8.95. The van der Waals surface area contributed by atoms with Gasteiger partial charge >= 0.3 is 5.97 Å². The molecule has 2 N–H and O–H groups in total. The lowest BCUT2D eigenvalue weighted by Crippen LogP contribution is -2.63. The first-order chi connectivity index (χ1) is 14.6. The van der Waals surface area contributed by atoms with Crippen LogP contribution < -0.4 is 0 Å². The van der Waals surface area contributed by atoms with Gasteiger partial charge in [0, 0.05) is 23.2 Å². The fourth-order valence-electron chi connectivity index (χ4n) is 7.57. The maximum absolute atomic E-state index is 13.1. The van der Waals surface area contributed by atoms with E-state index in [1.165, 1.54) is 0 Å². The van der Waals surface area contributed by atoms with E-state index in [1.807, 2.05) is 19.9 Å². The van der Waals surface area contributed by atoms with Crippen LogP contribution in [-0.4, -0.2) is 46.1 Å². The highest BCUT2D eigenvalue weighted by Gasteiger charge is 2.70. The predicted molar refractivity (Wildman–Crippen MR) is 114 cm³/mol. The summed E-state index contributed by atoms with van der Waals surface area (Å²) in [6.07, 6.45) is 8.46. The van der Waals surface area contributed by atoms with Crippen molar-refractivity contribution in [3.8, 4) is 0 Å². The van der Waals surface area contributed by atoms with Crippen LogP contribution in [0.5, 0.6) is 0 Å². The number of Topliss-reactive ketones (excluding diaryl/α,β-unsaturated/α-hetero) is 1. The minimum absolute atomic E-state index is 0.00248. The van der Waals surface area contributed by atoms with E-state index in [2.05, 4.69) is 6.92 Å². The summed E-state index contributed by atoms with van der Waals surface area (Å²) in [5, 5.41) is 21.2. The molecule has 0 aromatic rings. The van der Waals surface area contributed by atoms with Crippen molar-refractivity contribution in [1.82, 2.24) is 0 Å². The molecule has 3 fully saturated rings. The average Bonchev–Trinajstić information content (AvgIpc) is 3.00. The molecular weight excluding hydrogens is 396 g/mol. The van der Waals surface area contributed by atoms with Crippen LogP contribution in [0, 0.1) is 28.6 Å². The Bertz CT molecular complexity index is 858. The lowest BCUT2D eigenvalue weighted by molar-refractivity contribution is -0.200. The normalized spacial score (nSPS) is 43.5. The number of hydrogen-bond acceptors (Lipinski definition) is 6. The van der Waals surface area contributed by atoms with Gasteiger partial charge in [-0.2, -0.15) is 0 Å². The lowest BCUT2D eigenvalue weighted by Gasteiger charge is -2.59. The van der Waals surface area contributed by atoms with Crippen molar-refractivity contribution >= 4 is 17.5 Å². The summed E-state index contributed by atoms with van der Waals surface area (Å²) in [6, 6.07) is 0. The van der Waals surface area contributed by atoms with Gasteiger partial charge in [-0.05, 0) is 62.5 Å². The maximum Gasteiger partial charge on any atom is 0.306 e. The quantitative estimate of drug-likeness (QED) is 0.651. The van der Waals surface area contributed by atoms with Crippen LogP contribution in [0.15, 0.2) is 23.8 Å². The van der Waals surface area contributed by atoms with Crippen molar-refractivity contribution in [2.24, 2.45) is 28.6 Å². The number of rotatable bonds is 5. The van der Waals surface area contributed by atoms with E-state index in [0.717, 1.165) is 18.4 Å². The van der Waals surface area contributed by atoms with E-state index in [0.29, 0.717) is 25.7 Å². The molecule has 0 aromatic heterocycles. The van der Waals surface area contributed by atoms with Crippen LogP contribution in [-0.2, 0) is 19.1 Å². The SMILES string of the molecule is CCCC(=O)O[C@]1(C(=O)CO)CCC2C3CCC4=CC(=O)C=C[C@]4(C)C3[C@@H](O)C[C@@]21C. The largest absolute Gasteiger partial charge is 0.450 e. The van der Waals surface area contributed by atoms with Gasteiger partial charge in [-0.15, -0.1) is 0 Å². The first kappa shape index (κ1) is 22.4. The molecule has 6 heteroatoms. The second-order valence-corrected chi connectivity index (χ2v) is 10.4. The number of ketones is 2. The fourth-order valence-corrected chi connectivity index (χ4v) is 7.57. The topological polar surface area (TPSA) is 101 Å². The van der Waals surface area contributed by atoms with Gasteiger partial charge in [-0.1, -0.05) is 32.4 Å². The summed E-state index contributed by atoms with van der Waals surface area (Å²) in [5.41, 5.74) is -1.43. The van der Waals surface area contributed by atoms with Crippen molar-refractivity contribution in [2.75, 3.05) is 6.61 Å². The highest BCUT2D eigenvalue weighted by Crippen LogP contribution is 2.67. The second kappa shape index (κ2) is 7.66. The van der Waals surface area contributed by atoms with Gasteiger partial charge in [0.1, 0.15) is 6.61 Å². The summed E-state index contributed by atoms with van der Waals surface area (Å²) in [6.45, 7) is 5.27. The highest BCUT2D eigenvalue weighted by molar-refractivity contribution is 6.01. The first-order valence-electron chi connectivity index (χ1n) is 11.6. The zero-order valence-corrected chi connectivity index (χ0v) is 18.7. The molecule has 6 nitrogen and oxygen atoms in total. The Morgan fingerprint density at radius 2 is 2.00 bits per heavy atom. The average molecular weight is 431 g/mol. The predicted octanol–water partition coefficient (Wildman–Crippen LogP) is 2.91. The van der Waals surface area contributed by atoms with Gasteiger partial charge in [-0.25, -0.2) is 0 Å². The molecule has 0 spiro atoms. The summed E-state index contributed by atoms with van der Waals surface area (Å²) in [5.74, 6) is -0.698. The Kier molecular flexibility index (Phi) is 5.54. The summed E-state index contributed by atoms with van der Waals surface area (Å²) < 4.78 is 5.91. The zero-order valence-electron chi connectivity index (χ0n) is 18.7. The molecule has 4 aliphatic carbocycles. The van der Waals surface area contributed by atoms with Crippen LogP contribution in [0.3, 0.4) is 0 Å². The fraction of sp³-hybridized carbons (Fsp3) is 0.720. The molecule has 3 saturated carbocycles. The minimum atomic E-state index is -1.39. The minimum Gasteiger partial charge on any atom is -0.450 e. The van der Waals surface area contributed by atoms with Crippen molar-refractivity contribution in [3.05, 3.63) is 23.8 Å².